The standard InChI is InChI=1S/C23H27ClN4O3/c1-4-6-11-31-22-19(24)13-18(14-20(22)30-5-2)23(29)27-15-17-7-8-26-21(12-17)28-10-9-25-16(28)3/h7-10,12-14H,4-6,11,15H2,1-3H3,(H,27,29). The van der Waals surface area contributed by atoms with Crippen molar-refractivity contribution < 1.29 is 14.3 Å². The summed E-state index contributed by atoms with van der Waals surface area (Å²) in [6, 6.07) is 7.05. The quantitative estimate of drug-likeness (QED) is 0.459. The van der Waals surface area contributed by atoms with Crippen molar-refractivity contribution in [1.29, 1.82) is 0 Å². The third-order valence-electron chi connectivity index (χ3n) is 4.65. The Hall–Kier alpha value is -3.06. The van der Waals surface area contributed by atoms with Crippen LogP contribution in [0.25, 0.3) is 5.82 Å². The molecule has 0 aliphatic heterocycles. The third kappa shape index (κ3) is 5.76. The van der Waals surface area contributed by atoms with E-state index in [9.17, 15) is 4.79 Å². The highest BCUT2D eigenvalue weighted by molar-refractivity contribution is 6.32. The number of benzene rings is 1. The Bertz CT molecular complexity index is 1040. The van der Waals surface area contributed by atoms with Crippen LogP contribution in [0.1, 0.15) is 48.4 Å². The van der Waals surface area contributed by atoms with E-state index in [0.717, 1.165) is 30.0 Å². The molecule has 1 aromatic carbocycles. The SMILES string of the molecule is CCCCOc1c(Cl)cc(C(=O)NCc2ccnc(-n3ccnc3C)c2)cc1OCC. The molecule has 2 aromatic heterocycles. The van der Waals surface area contributed by atoms with Crippen LogP contribution >= 0.6 is 11.6 Å². The van der Waals surface area contributed by atoms with E-state index in [4.69, 9.17) is 21.1 Å². The minimum Gasteiger partial charge on any atom is -0.490 e. The molecule has 8 heteroatoms. The molecule has 1 N–H and O–H groups in total. The van der Waals surface area contributed by atoms with Crippen LogP contribution in [-0.4, -0.2) is 33.7 Å². The second-order valence-corrected chi connectivity index (χ2v) is 7.38. The van der Waals surface area contributed by atoms with Crippen LogP contribution in [0.2, 0.25) is 5.02 Å². The lowest BCUT2D eigenvalue weighted by Gasteiger charge is -2.15. The number of hydrogen-bond acceptors (Lipinski definition) is 5. The highest BCUT2D eigenvalue weighted by Gasteiger charge is 2.16. The van der Waals surface area contributed by atoms with Crippen molar-refractivity contribution in [3.63, 3.8) is 0 Å². The maximum atomic E-state index is 12.8. The van der Waals surface area contributed by atoms with E-state index in [0.29, 0.717) is 41.8 Å². The summed E-state index contributed by atoms with van der Waals surface area (Å²) in [6.45, 7) is 7.20. The van der Waals surface area contributed by atoms with Gasteiger partial charge in [0.05, 0.1) is 18.2 Å². The van der Waals surface area contributed by atoms with Gasteiger partial charge in [-0.1, -0.05) is 24.9 Å². The van der Waals surface area contributed by atoms with Gasteiger partial charge in [-0.3, -0.25) is 9.36 Å². The molecular formula is C23H27ClN4O3. The predicted molar refractivity (Wildman–Crippen MR) is 120 cm³/mol. The van der Waals surface area contributed by atoms with Crippen LogP contribution in [0.15, 0.2) is 42.9 Å². The van der Waals surface area contributed by atoms with E-state index in [1.807, 2.05) is 36.7 Å². The van der Waals surface area contributed by atoms with Gasteiger partial charge in [-0.05, 0) is 50.1 Å². The van der Waals surface area contributed by atoms with Crippen molar-refractivity contribution in [1.82, 2.24) is 19.9 Å². The zero-order valence-electron chi connectivity index (χ0n) is 18.0. The van der Waals surface area contributed by atoms with Gasteiger partial charge in [0.1, 0.15) is 11.6 Å². The number of aromatic nitrogens is 3. The molecule has 0 atom stereocenters. The lowest BCUT2D eigenvalue weighted by atomic mass is 10.1. The van der Waals surface area contributed by atoms with E-state index in [1.165, 1.54) is 0 Å². The number of ether oxygens (including phenoxy) is 2. The van der Waals surface area contributed by atoms with Gasteiger partial charge >= 0.3 is 0 Å². The first-order chi connectivity index (χ1) is 15.0. The maximum Gasteiger partial charge on any atom is 0.251 e. The molecule has 0 radical (unpaired) electrons. The molecule has 3 rings (SSSR count). The molecule has 0 spiro atoms. The molecule has 7 nitrogen and oxygen atoms in total. The number of rotatable bonds is 10. The lowest BCUT2D eigenvalue weighted by Crippen LogP contribution is -2.23. The molecule has 31 heavy (non-hydrogen) atoms. The van der Waals surface area contributed by atoms with Crippen LogP contribution in [-0.2, 0) is 6.54 Å². The summed E-state index contributed by atoms with van der Waals surface area (Å²) in [4.78, 5) is 21.4. The number of unbranched alkanes of at least 4 members (excludes halogenated alkanes) is 1. The van der Waals surface area contributed by atoms with Crippen molar-refractivity contribution in [2.75, 3.05) is 13.2 Å². The number of nitrogens with one attached hydrogen (secondary N) is 1. The maximum absolute atomic E-state index is 12.8. The molecule has 0 fully saturated rings. The van der Waals surface area contributed by atoms with Gasteiger partial charge in [0.2, 0.25) is 0 Å². The average Bonchev–Trinajstić information content (AvgIpc) is 3.20. The molecule has 0 aliphatic rings. The van der Waals surface area contributed by atoms with Crippen LogP contribution in [0.3, 0.4) is 0 Å². The zero-order chi connectivity index (χ0) is 22.2. The van der Waals surface area contributed by atoms with Gasteiger partial charge in [-0.2, -0.15) is 0 Å². The smallest absolute Gasteiger partial charge is 0.251 e. The Morgan fingerprint density at radius 1 is 1.16 bits per heavy atom. The minimum absolute atomic E-state index is 0.250. The Balaban J connectivity index is 1.72. The average molecular weight is 443 g/mol. The Morgan fingerprint density at radius 3 is 2.71 bits per heavy atom. The van der Waals surface area contributed by atoms with E-state index in [-0.39, 0.29) is 5.91 Å². The number of aryl methyl sites for hydroxylation is 1. The topological polar surface area (TPSA) is 78.3 Å². The molecular weight excluding hydrogens is 416 g/mol. The summed E-state index contributed by atoms with van der Waals surface area (Å²) in [5.74, 6) is 2.28. The molecule has 0 bridgehead atoms. The van der Waals surface area contributed by atoms with Gasteiger partial charge in [-0.25, -0.2) is 9.97 Å². The zero-order valence-corrected chi connectivity index (χ0v) is 18.8. The first-order valence-corrected chi connectivity index (χ1v) is 10.7. The van der Waals surface area contributed by atoms with Gasteiger partial charge < -0.3 is 14.8 Å². The van der Waals surface area contributed by atoms with Crippen molar-refractivity contribution in [2.45, 2.75) is 40.2 Å². The van der Waals surface area contributed by atoms with Crippen molar-refractivity contribution in [2.24, 2.45) is 0 Å². The molecule has 0 unspecified atom stereocenters. The molecule has 2 heterocycles. The molecule has 3 aromatic rings. The van der Waals surface area contributed by atoms with Gasteiger partial charge in [-0.15, -0.1) is 0 Å². The third-order valence-corrected chi connectivity index (χ3v) is 4.93. The number of imidazole rings is 1. The first-order valence-electron chi connectivity index (χ1n) is 10.4. The highest BCUT2D eigenvalue weighted by Crippen LogP contribution is 2.37. The summed E-state index contributed by atoms with van der Waals surface area (Å²) in [7, 11) is 0. The lowest BCUT2D eigenvalue weighted by molar-refractivity contribution is 0.0950. The molecule has 0 saturated carbocycles. The summed E-state index contributed by atoms with van der Waals surface area (Å²) in [5, 5.41) is 3.28. The summed E-state index contributed by atoms with van der Waals surface area (Å²) < 4.78 is 13.3. The number of amides is 1. The summed E-state index contributed by atoms with van der Waals surface area (Å²) >= 11 is 6.40. The van der Waals surface area contributed by atoms with E-state index in [1.54, 1.807) is 24.5 Å². The monoisotopic (exact) mass is 442 g/mol. The van der Waals surface area contributed by atoms with Crippen LogP contribution < -0.4 is 14.8 Å². The number of nitrogens with zero attached hydrogens (tertiary/aromatic N) is 3. The second kappa shape index (κ2) is 10.8. The number of carbonyl (C=O) groups is 1. The van der Waals surface area contributed by atoms with Crippen LogP contribution in [0, 0.1) is 6.92 Å². The molecule has 0 aliphatic carbocycles. The Morgan fingerprint density at radius 2 is 2.00 bits per heavy atom. The van der Waals surface area contributed by atoms with Crippen LogP contribution in [0.5, 0.6) is 11.5 Å². The van der Waals surface area contributed by atoms with Gasteiger partial charge in [0.15, 0.2) is 11.5 Å². The van der Waals surface area contributed by atoms with E-state index < -0.39 is 0 Å². The van der Waals surface area contributed by atoms with Gasteiger partial charge in [0, 0.05) is 30.7 Å². The van der Waals surface area contributed by atoms with Gasteiger partial charge in [0.25, 0.3) is 5.91 Å². The molecule has 0 saturated heterocycles. The number of hydrogen-bond donors (Lipinski definition) is 1. The van der Waals surface area contributed by atoms with E-state index in [2.05, 4.69) is 22.2 Å². The first kappa shape index (κ1) is 22.6. The largest absolute Gasteiger partial charge is 0.490 e. The minimum atomic E-state index is -0.250. The normalized spacial score (nSPS) is 10.7. The van der Waals surface area contributed by atoms with Crippen molar-refractivity contribution >= 4 is 17.5 Å². The fraction of sp³-hybridized carbons (Fsp3) is 0.348. The number of halogens is 1. The van der Waals surface area contributed by atoms with Crippen molar-refractivity contribution in [3.05, 3.63) is 64.8 Å². The predicted octanol–water partition coefficient (Wildman–Crippen LogP) is 4.74. The second-order valence-electron chi connectivity index (χ2n) is 6.97. The molecule has 1 amide bonds. The summed E-state index contributed by atoms with van der Waals surface area (Å²) in [6.07, 6.45) is 7.21. The number of pyridine rings is 1. The summed E-state index contributed by atoms with van der Waals surface area (Å²) in [5.41, 5.74) is 1.33. The molecule has 164 valence electrons. The fourth-order valence-electron chi connectivity index (χ4n) is 3.03. The van der Waals surface area contributed by atoms with Crippen LogP contribution in [0.4, 0.5) is 0 Å². The number of carbonyl (C=O) groups excluding carboxylic acids is 1. The van der Waals surface area contributed by atoms with E-state index >= 15 is 0 Å². The van der Waals surface area contributed by atoms with Crippen molar-refractivity contribution in [3.8, 4) is 17.3 Å². The highest BCUT2D eigenvalue weighted by atomic mass is 35.5. The Labute approximate surface area is 187 Å². The Kier molecular flexibility index (Phi) is 7.89. The fourth-order valence-corrected chi connectivity index (χ4v) is 3.29.